The van der Waals surface area contributed by atoms with E-state index in [-0.39, 0.29) is 18.7 Å². The molecule has 1 aliphatic heterocycles. The topological polar surface area (TPSA) is 95.8 Å². The highest BCUT2D eigenvalue weighted by Gasteiger charge is 2.32. The predicted molar refractivity (Wildman–Crippen MR) is 62.3 cm³/mol. The van der Waals surface area contributed by atoms with Gasteiger partial charge in [0, 0.05) is 19.3 Å². The number of esters is 1. The summed E-state index contributed by atoms with van der Waals surface area (Å²) in [5.74, 6) is 0.347. The molecule has 0 amide bonds. The molecule has 1 fully saturated rings. The van der Waals surface area contributed by atoms with Crippen LogP contribution in [0.25, 0.3) is 0 Å². The van der Waals surface area contributed by atoms with Crippen LogP contribution in [0.4, 0.5) is 5.82 Å². The van der Waals surface area contributed by atoms with Crippen molar-refractivity contribution in [3.8, 4) is 0 Å². The van der Waals surface area contributed by atoms with Gasteiger partial charge in [-0.3, -0.25) is 0 Å². The van der Waals surface area contributed by atoms with Crippen LogP contribution in [0.5, 0.6) is 0 Å². The highest BCUT2D eigenvalue weighted by molar-refractivity contribution is 5.94. The van der Waals surface area contributed by atoms with Gasteiger partial charge in [0.15, 0.2) is 0 Å². The third kappa shape index (κ3) is 2.27. The van der Waals surface area contributed by atoms with Gasteiger partial charge < -0.3 is 19.8 Å². The summed E-state index contributed by atoms with van der Waals surface area (Å²) in [7, 11) is 1.28. The summed E-state index contributed by atoms with van der Waals surface area (Å²) < 4.78 is 4.66. The summed E-state index contributed by atoms with van der Waals surface area (Å²) in [6.45, 7) is 2.15. The maximum atomic E-state index is 11.6. The minimum absolute atomic E-state index is 0.224. The van der Waals surface area contributed by atoms with Gasteiger partial charge in [0.05, 0.1) is 19.3 Å². The number of aryl methyl sites for hydroxylation is 1. The first-order valence-electron chi connectivity index (χ1n) is 5.56. The molecular weight excluding hydrogens is 238 g/mol. The Morgan fingerprint density at radius 2 is 2.06 bits per heavy atom. The fourth-order valence-electron chi connectivity index (χ4n) is 1.90. The number of methoxy groups -OCH3 is 1. The fraction of sp³-hybridized carbons (Fsp3) is 0.545. The number of anilines is 1. The summed E-state index contributed by atoms with van der Waals surface area (Å²) in [6, 6.07) is 0. The Morgan fingerprint density at radius 1 is 1.44 bits per heavy atom. The van der Waals surface area contributed by atoms with Crippen molar-refractivity contribution in [3.63, 3.8) is 0 Å². The largest absolute Gasteiger partial charge is 0.465 e. The number of β-amino-alcohol motifs (C(OH)–C–C–N with tert-alkyl or cyclic N) is 2. The number of aliphatic hydroxyl groups is 2. The van der Waals surface area contributed by atoms with Gasteiger partial charge in [-0.1, -0.05) is 0 Å². The number of carbonyl (C=O) groups excluding carboxylic acids is 1. The zero-order chi connectivity index (χ0) is 13.3. The molecular formula is C11H15N3O4. The van der Waals surface area contributed by atoms with Crippen LogP contribution in [0.3, 0.4) is 0 Å². The molecule has 0 aliphatic carbocycles. The van der Waals surface area contributed by atoms with Gasteiger partial charge in [-0.05, 0) is 6.92 Å². The molecule has 0 bridgehead atoms. The lowest BCUT2D eigenvalue weighted by Crippen LogP contribution is -2.25. The van der Waals surface area contributed by atoms with Gasteiger partial charge in [-0.25, -0.2) is 14.8 Å². The Kier molecular flexibility index (Phi) is 3.44. The van der Waals surface area contributed by atoms with E-state index in [4.69, 9.17) is 0 Å². The van der Waals surface area contributed by atoms with Gasteiger partial charge in [-0.15, -0.1) is 0 Å². The van der Waals surface area contributed by atoms with Gasteiger partial charge in [0.1, 0.15) is 17.2 Å². The van der Waals surface area contributed by atoms with E-state index in [9.17, 15) is 15.0 Å². The lowest BCUT2D eigenvalue weighted by Gasteiger charge is -2.19. The Bertz CT molecular complexity index is 456. The molecule has 1 aromatic rings. The molecule has 7 nitrogen and oxygen atoms in total. The van der Waals surface area contributed by atoms with Gasteiger partial charge in [0.2, 0.25) is 0 Å². The highest BCUT2D eigenvalue weighted by Crippen LogP contribution is 2.23. The predicted octanol–water partition coefficient (Wildman–Crippen LogP) is -0.887. The molecule has 18 heavy (non-hydrogen) atoms. The van der Waals surface area contributed by atoms with Gasteiger partial charge >= 0.3 is 5.97 Å². The van der Waals surface area contributed by atoms with Crippen molar-refractivity contribution < 1.29 is 19.7 Å². The summed E-state index contributed by atoms with van der Waals surface area (Å²) in [6.07, 6.45) is -0.294. The molecule has 1 saturated heterocycles. The lowest BCUT2D eigenvalue weighted by molar-refractivity contribution is 0.0572. The summed E-state index contributed by atoms with van der Waals surface area (Å²) in [5.41, 5.74) is 0.226. The average Bonchev–Trinajstić information content (AvgIpc) is 2.68. The highest BCUT2D eigenvalue weighted by atomic mass is 16.5. The van der Waals surface area contributed by atoms with Crippen LogP contribution in [0, 0.1) is 6.92 Å². The average molecular weight is 253 g/mol. The number of carbonyl (C=O) groups is 1. The standard InChI is InChI=1S/C11H15N3O4/c1-6-12-3-7(11(17)18-2)10(13-6)14-4-8(15)9(16)5-14/h3,8-9,15-16H,4-5H2,1-2H3. The minimum atomic E-state index is -0.842. The molecule has 2 heterocycles. The monoisotopic (exact) mass is 253 g/mol. The number of ether oxygens (including phenoxy) is 1. The van der Waals surface area contributed by atoms with Crippen LogP contribution in [-0.2, 0) is 4.74 Å². The van der Waals surface area contributed by atoms with Crippen molar-refractivity contribution in [2.24, 2.45) is 0 Å². The third-order valence-corrected chi connectivity index (χ3v) is 2.85. The molecule has 2 rings (SSSR count). The maximum absolute atomic E-state index is 11.6. The van der Waals surface area contributed by atoms with Crippen LogP contribution in [0.2, 0.25) is 0 Å². The van der Waals surface area contributed by atoms with Crippen LogP contribution in [0.1, 0.15) is 16.2 Å². The van der Waals surface area contributed by atoms with Crippen molar-refractivity contribution in [2.45, 2.75) is 19.1 Å². The Balaban J connectivity index is 2.37. The zero-order valence-electron chi connectivity index (χ0n) is 10.2. The normalized spacial score (nSPS) is 23.2. The lowest BCUT2D eigenvalue weighted by atomic mass is 10.3. The number of hydrogen-bond acceptors (Lipinski definition) is 7. The van der Waals surface area contributed by atoms with E-state index in [2.05, 4.69) is 14.7 Å². The molecule has 7 heteroatoms. The second-order valence-corrected chi connectivity index (χ2v) is 4.19. The van der Waals surface area contributed by atoms with Crippen LogP contribution in [-0.4, -0.2) is 58.6 Å². The van der Waals surface area contributed by atoms with Crippen LogP contribution < -0.4 is 4.90 Å². The maximum Gasteiger partial charge on any atom is 0.343 e. The Hall–Kier alpha value is -1.73. The first kappa shape index (κ1) is 12.7. The van der Waals surface area contributed by atoms with Crippen LogP contribution >= 0.6 is 0 Å². The third-order valence-electron chi connectivity index (χ3n) is 2.85. The quantitative estimate of drug-likeness (QED) is 0.660. The number of aromatic nitrogens is 2. The fourth-order valence-corrected chi connectivity index (χ4v) is 1.90. The molecule has 2 N–H and O–H groups in total. The molecule has 2 atom stereocenters. The van der Waals surface area contributed by atoms with Crippen molar-refractivity contribution >= 4 is 11.8 Å². The van der Waals surface area contributed by atoms with Crippen molar-refractivity contribution in [1.29, 1.82) is 0 Å². The van der Waals surface area contributed by atoms with E-state index in [0.717, 1.165) is 0 Å². The minimum Gasteiger partial charge on any atom is -0.465 e. The number of rotatable bonds is 2. The molecule has 0 spiro atoms. The van der Waals surface area contributed by atoms with E-state index in [1.165, 1.54) is 13.3 Å². The van der Waals surface area contributed by atoms with E-state index in [1.54, 1.807) is 11.8 Å². The molecule has 98 valence electrons. The van der Waals surface area contributed by atoms with Gasteiger partial charge in [0.25, 0.3) is 0 Å². The first-order chi connectivity index (χ1) is 8.52. The molecule has 1 aliphatic rings. The number of nitrogens with zero attached hydrogens (tertiary/aromatic N) is 3. The molecule has 0 aromatic carbocycles. The summed E-state index contributed by atoms with van der Waals surface area (Å²) in [4.78, 5) is 21.4. The SMILES string of the molecule is COC(=O)c1cnc(C)nc1N1CC(O)C(O)C1. The van der Waals surface area contributed by atoms with Crippen LogP contribution in [0.15, 0.2) is 6.20 Å². The van der Waals surface area contributed by atoms with Crippen molar-refractivity contribution in [2.75, 3.05) is 25.1 Å². The molecule has 2 unspecified atom stereocenters. The van der Waals surface area contributed by atoms with E-state index in [1.807, 2.05) is 0 Å². The van der Waals surface area contributed by atoms with Crippen molar-refractivity contribution in [3.05, 3.63) is 17.6 Å². The first-order valence-corrected chi connectivity index (χ1v) is 5.56. The zero-order valence-corrected chi connectivity index (χ0v) is 10.2. The summed E-state index contributed by atoms with van der Waals surface area (Å²) in [5, 5.41) is 19.1. The van der Waals surface area contributed by atoms with Gasteiger partial charge in [-0.2, -0.15) is 0 Å². The summed E-state index contributed by atoms with van der Waals surface area (Å²) >= 11 is 0. The number of hydrogen-bond donors (Lipinski definition) is 2. The second kappa shape index (κ2) is 4.87. The smallest absolute Gasteiger partial charge is 0.343 e. The molecule has 0 radical (unpaired) electrons. The molecule has 0 saturated carbocycles. The Labute approximate surface area is 104 Å². The van der Waals surface area contributed by atoms with E-state index < -0.39 is 18.2 Å². The Morgan fingerprint density at radius 3 is 2.61 bits per heavy atom. The van der Waals surface area contributed by atoms with Crippen molar-refractivity contribution in [1.82, 2.24) is 9.97 Å². The second-order valence-electron chi connectivity index (χ2n) is 4.19. The van der Waals surface area contributed by atoms with E-state index in [0.29, 0.717) is 11.6 Å². The molecule has 1 aromatic heterocycles. The van der Waals surface area contributed by atoms with E-state index >= 15 is 0 Å². The number of aliphatic hydroxyl groups excluding tert-OH is 2.